The molecule has 7 nitrogen and oxygen atoms in total. The highest BCUT2D eigenvalue weighted by Gasteiger charge is 2.09. The quantitative estimate of drug-likeness (QED) is 0.630. The van der Waals surface area contributed by atoms with E-state index in [1.165, 1.54) is 0 Å². The summed E-state index contributed by atoms with van der Waals surface area (Å²) in [4.78, 5) is 13.1. The van der Waals surface area contributed by atoms with Crippen molar-refractivity contribution in [3.8, 4) is 11.5 Å². The van der Waals surface area contributed by atoms with Crippen LogP contribution in [0.4, 0.5) is 17.6 Å². The molecule has 0 spiro atoms. The van der Waals surface area contributed by atoms with Gasteiger partial charge in [0.25, 0.3) is 0 Å². The molecule has 0 aliphatic carbocycles. The molecule has 0 bridgehead atoms. The molecule has 3 aromatic rings. The minimum Gasteiger partial charge on any atom is -0.497 e. The van der Waals surface area contributed by atoms with E-state index in [1.54, 1.807) is 27.2 Å². The maximum atomic E-state index is 6.19. The molecule has 0 amide bonds. The third kappa shape index (κ3) is 4.77. The number of aryl methyl sites for hydroxylation is 1. The van der Waals surface area contributed by atoms with Gasteiger partial charge in [0.1, 0.15) is 17.3 Å². The van der Waals surface area contributed by atoms with Crippen LogP contribution in [0, 0.1) is 6.92 Å². The van der Waals surface area contributed by atoms with Gasteiger partial charge >= 0.3 is 0 Å². The Balaban J connectivity index is 1.78. The normalized spacial score (nSPS) is 10.4. The summed E-state index contributed by atoms with van der Waals surface area (Å²) in [7, 11) is 3.20. The molecule has 140 valence electrons. The first-order valence-electron chi connectivity index (χ1n) is 8.28. The molecular formula is C19H20ClN5O2. The molecule has 2 N–H and O–H groups in total. The Morgan fingerprint density at radius 1 is 0.963 bits per heavy atom. The van der Waals surface area contributed by atoms with Gasteiger partial charge in [-0.3, -0.25) is 0 Å². The third-order valence-corrected chi connectivity index (χ3v) is 4.17. The van der Waals surface area contributed by atoms with Gasteiger partial charge in [-0.25, -0.2) is 0 Å². The van der Waals surface area contributed by atoms with Gasteiger partial charge in [0, 0.05) is 17.6 Å². The van der Waals surface area contributed by atoms with E-state index in [-0.39, 0.29) is 0 Å². The highest BCUT2D eigenvalue weighted by molar-refractivity contribution is 6.31. The zero-order valence-corrected chi connectivity index (χ0v) is 16.0. The van der Waals surface area contributed by atoms with Crippen molar-refractivity contribution in [3.05, 3.63) is 58.9 Å². The Morgan fingerprint density at radius 3 is 2.48 bits per heavy atom. The lowest BCUT2D eigenvalue weighted by molar-refractivity contribution is 0.395. The molecule has 27 heavy (non-hydrogen) atoms. The fraction of sp³-hybridized carbons (Fsp3) is 0.211. The van der Waals surface area contributed by atoms with E-state index in [9.17, 15) is 0 Å². The second-order valence-electron chi connectivity index (χ2n) is 5.67. The van der Waals surface area contributed by atoms with Gasteiger partial charge in [-0.2, -0.15) is 15.0 Å². The van der Waals surface area contributed by atoms with Gasteiger partial charge in [-0.15, -0.1) is 0 Å². The number of hydrogen-bond acceptors (Lipinski definition) is 7. The molecule has 0 fully saturated rings. The maximum absolute atomic E-state index is 6.19. The van der Waals surface area contributed by atoms with Gasteiger partial charge in [0.2, 0.25) is 11.9 Å². The SMILES string of the molecule is COc1ccc(Nc2nc(C)nc(NCc3ccccc3Cl)n2)c(OC)c1. The zero-order chi connectivity index (χ0) is 19.2. The zero-order valence-electron chi connectivity index (χ0n) is 15.3. The minimum absolute atomic E-state index is 0.410. The van der Waals surface area contributed by atoms with Crippen LogP contribution >= 0.6 is 11.6 Å². The molecule has 0 aliphatic rings. The van der Waals surface area contributed by atoms with Crippen molar-refractivity contribution in [3.63, 3.8) is 0 Å². The summed E-state index contributed by atoms with van der Waals surface area (Å²) in [5.41, 5.74) is 1.68. The number of anilines is 3. The maximum Gasteiger partial charge on any atom is 0.232 e. The first-order chi connectivity index (χ1) is 13.1. The summed E-state index contributed by atoms with van der Waals surface area (Å²) in [5.74, 6) is 2.77. The molecule has 2 aromatic carbocycles. The lowest BCUT2D eigenvalue weighted by Gasteiger charge is -2.13. The number of halogens is 1. The number of hydrogen-bond donors (Lipinski definition) is 2. The molecule has 8 heteroatoms. The lowest BCUT2D eigenvalue weighted by Crippen LogP contribution is -2.09. The molecule has 0 atom stereocenters. The van der Waals surface area contributed by atoms with Crippen LogP contribution in [0.1, 0.15) is 11.4 Å². The smallest absolute Gasteiger partial charge is 0.232 e. The predicted molar refractivity (Wildman–Crippen MR) is 106 cm³/mol. The number of nitrogens with zero attached hydrogens (tertiary/aromatic N) is 3. The Bertz CT molecular complexity index is 936. The van der Waals surface area contributed by atoms with E-state index in [2.05, 4.69) is 25.6 Å². The van der Waals surface area contributed by atoms with Crippen molar-refractivity contribution < 1.29 is 9.47 Å². The van der Waals surface area contributed by atoms with Crippen molar-refractivity contribution in [2.75, 3.05) is 24.9 Å². The Labute approximate surface area is 162 Å². The molecule has 1 aromatic heterocycles. The van der Waals surface area contributed by atoms with E-state index in [4.69, 9.17) is 21.1 Å². The van der Waals surface area contributed by atoms with Crippen LogP contribution in [0.15, 0.2) is 42.5 Å². The van der Waals surface area contributed by atoms with Crippen molar-refractivity contribution in [1.82, 2.24) is 15.0 Å². The molecule has 1 heterocycles. The van der Waals surface area contributed by atoms with Crippen LogP contribution in [0.5, 0.6) is 11.5 Å². The fourth-order valence-electron chi connectivity index (χ4n) is 2.46. The summed E-state index contributed by atoms with van der Waals surface area (Å²) in [6.45, 7) is 2.31. The third-order valence-electron chi connectivity index (χ3n) is 3.80. The fourth-order valence-corrected chi connectivity index (χ4v) is 2.66. The molecule has 0 radical (unpaired) electrons. The molecule has 0 aliphatic heterocycles. The summed E-state index contributed by atoms with van der Waals surface area (Å²) in [6.07, 6.45) is 0. The molecular weight excluding hydrogens is 366 g/mol. The molecule has 3 rings (SSSR count). The number of aromatic nitrogens is 3. The van der Waals surface area contributed by atoms with Crippen LogP contribution in [0.25, 0.3) is 0 Å². The van der Waals surface area contributed by atoms with E-state index < -0.39 is 0 Å². The van der Waals surface area contributed by atoms with Crippen molar-refractivity contribution in [2.24, 2.45) is 0 Å². The van der Waals surface area contributed by atoms with Gasteiger partial charge < -0.3 is 20.1 Å². The lowest BCUT2D eigenvalue weighted by atomic mass is 10.2. The number of nitrogens with one attached hydrogen (secondary N) is 2. The van der Waals surface area contributed by atoms with Crippen LogP contribution in [0.2, 0.25) is 5.02 Å². The van der Waals surface area contributed by atoms with Crippen molar-refractivity contribution in [2.45, 2.75) is 13.5 Å². The average molecular weight is 386 g/mol. The second kappa shape index (κ2) is 8.55. The standard InChI is InChI=1S/C19H20ClN5O2/c1-12-22-18(21-11-13-6-4-5-7-15(13)20)25-19(23-12)24-16-9-8-14(26-2)10-17(16)27-3/h4-10H,11H2,1-3H3,(H2,21,22,23,24,25). The van der Waals surface area contributed by atoms with E-state index in [0.29, 0.717) is 40.8 Å². The van der Waals surface area contributed by atoms with Crippen molar-refractivity contribution in [1.29, 1.82) is 0 Å². The summed E-state index contributed by atoms with van der Waals surface area (Å²) < 4.78 is 10.6. The summed E-state index contributed by atoms with van der Waals surface area (Å²) in [6, 6.07) is 13.1. The topological polar surface area (TPSA) is 81.2 Å². The van der Waals surface area contributed by atoms with Gasteiger partial charge in [-0.1, -0.05) is 29.8 Å². The summed E-state index contributed by atoms with van der Waals surface area (Å²) >= 11 is 6.19. The number of rotatable bonds is 7. The van der Waals surface area contributed by atoms with E-state index in [0.717, 1.165) is 11.3 Å². The Kier molecular flexibility index (Phi) is 5.93. The van der Waals surface area contributed by atoms with Crippen LogP contribution in [-0.4, -0.2) is 29.2 Å². The first kappa shape index (κ1) is 18.7. The highest BCUT2D eigenvalue weighted by atomic mass is 35.5. The predicted octanol–water partition coefficient (Wildman–Crippen LogP) is 4.21. The Hall–Kier alpha value is -3.06. The second-order valence-corrected chi connectivity index (χ2v) is 6.07. The largest absolute Gasteiger partial charge is 0.497 e. The highest BCUT2D eigenvalue weighted by Crippen LogP contribution is 2.30. The number of benzene rings is 2. The van der Waals surface area contributed by atoms with E-state index in [1.807, 2.05) is 36.4 Å². The van der Waals surface area contributed by atoms with Gasteiger partial charge in [-0.05, 0) is 30.7 Å². The first-order valence-corrected chi connectivity index (χ1v) is 8.66. The molecule has 0 saturated heterocycles. The van der Waals surface area contributed by atoms with E-state index >= 15 is 0 Å². The molecule has 0 unspecified atom stereocenters. The Morgan fingerprint density at radius 2 is 1.74 bits per heavy atom. The number of ether oxygens (including phenoxy) is 2. The van der Waals surface area contributed by atoms with Crippen LogP contribution in [0.3, 0.4) is 0 Å². The van der Waals surface area contributed by atoms with Gasteiger partial charge in [0.15, 0.2) is 0 Å². The van der Waals surface area contributed by atoms with Crippen LogP contribution < -0.4 is 20.1 Å². The number of methoxy groups -OCH3 is 2. The van der Waals surface area contributed by atoms with Crippen LogP contribution in [-0.2, 0) is 6.54 Å². The average Bonchev–Trinajstić information content (AvgIpc) is 2.67. The van der Waals surface area contributed by atoms with Gasteiger partial charge in [0.05, 0.1) is 19.9 Å². The molecule has 0 saturated carbocycles. The minimum atomic E-state index is 0.410. The van der Waals surface area contributed by atoms with Crippen molar-refractivity contribution >= 4 is 29.2 Å². The monoisotopic (exact) mass is 385 g/mol. The summed E-state index contributed by atoms with van der Waals surface area (Å²) in [5, 5.41) is 7.03.